The summed E-state index contributed by atoms with van der Waals surface area (Å²) in [4.78, 5) is 6.51. The lowest BCUT2D eigenvalue weighted by atomic mass is 10.2. The van der Waals surface area contributed by atoms with Crippen molar-refractivity contribution in [3.05, 3.63) is 54.2 Å². The minimum atomic E-state index is 0.943. The van der Waals surface area contributed by atoms with Gasteiger partial charge in [-0.1, -0.05) is 13.3 Å². The first kappa shape index (κ1) is 12.8. The number of hydrogen-bond acceptors (Lipinski definition) is 3. The topological polar surface area (TPSA) is 29.3 Å². The smallest absolute Gasteiger partial charge is 0.0947 e. The van der Waals surface area contributed by atoms with E-state index < -0.39 is 0 Å². The van der Waals surface area contributed by atoms with E-state index in [4.69, 9.17) is 4.42 Å². The lowest BCUT2D eigenvalue weighted by Gasteiger charge is -2.21. The molecule has 2 aromatic heterocycles. The van der Waals surface area contributed by atoms with Crippen molar-refractivity contribution < 1.29 is 4.42 Å². The fraction of sp³-hybridized carbons (Fsp3) is 0.400. The van der Waals surface area contributed by atoms with Gasteiger partial charge in [0, 0.05) is 31.0 Å². The SMILES string of the molecule is CCCCN(Cc1ccncc1)Cc1ccoc1. The quantitative estimate of drug-likeness (QED) is 0.746. The van der Waals surface area contributed by atoms with Gasteiger partial charge in [-0.25, -0.2) is 0 Å². The van der Waals surface area contributed by atoms with Gasteiger partial charge in [0.1, 0.15) is 0 Å². The predicted octanol–water partition coefficient (Wildman–Crippen LogP) is 3.48. The van der Waals surface area contributed by atoms with E-state index in [1.807, 2.05) is 24.7 Å². The number of hydrogen-bond donors (Lipinski definition) is 0. The first-order chi connectivity index (χ1) is 8.88. The third-order valence-electron chi connectivity index (χ3n) is 2.97. The summed E-state index contributed by atoms with van der Waals surface area (Å²) in [6, 6.07) is 6.19. The third-order valence-corrected chi connectivity index (χ3v) is 2.97. The first-order valence-electron chi connectivity index (χ1n) is 6.51. The van der Waals surface area contributed by atoms with Gasteiger partial charge in [-0.3, -0.25) is 9.88 Å². The zero-order valence-electron chi connectivity index (χ0n) is 10.9. The van der Waals surface area contributed by atoms with E-state index >= 15 is 0 Å². The van der Waals surface area contributed by atoms with Crippen LogP contribution in [0.4, 0.5) is 0 Å². The van der Waals surface area contributed by atoms with Gasteiger partial charge >= 0.3 is 0 Å². The number of rotatable bonds is 7. The van der Waals surface area contributed by atoms with Gasteiger partial charge in [-0.05, 0) is 36.7 Å². The van der Waals surface area contributed by atoms with Crippen LogP contribution in [0.1, 0.15) is 30.9 Å². The molecule has 2 heterocycles. The van der Waals surface area contributed by atoms with E-state index in [2.05, 4.69) is 28.9 Å². The molecule has 3 heteroatoms. The highest BCUT2D eigenvalue weighted by atomic mass is 16.3. The van der Waals surface area contributed by atoms with Crippen molar-refractivity contribution in [2.75, 3.05) is 6.54 Å². The third kappa shape index (κ3) is 4.00. The number of nitrogens with zero attached hydrogens (tertiary/aromatic N) is 2. The average Bonchev–Trinajstić information content (AvgIpc) is 2.90. The lowest BCUT2D eigenvalue weighted by molar-refractivity contribution is 0.252. The van der Waals surface area contributed by atoms with Crippen LogP contribution in [0.15, 0.2) is 47.5 Å². The molecule has 0 bridgehead atoms. The van der Waals surface area contributed by atoms with Gasteiger partial charge in [0.15, 0.2) is 0 Å². The van der Waals surface area contributed by atoms with Gasteiger partial charge in [0.2, 0.25) is 0 Å². The maximum Gasteiger partial charge on any atom is 0.0947 e. The van der Waals surface area contributed by atoms with Gasteiger partial charge < -0.3 is 4.42 Å². The minimum absolute atomic E-state index is 0.943. The van der Waals surface area contributed by atoms with E-state index in [0.29, 0.717) is 0 Å². The normalized spacial score (nSPS) is 11.0. The standard InChI is InChI=1S/C15H20N2O/c1-2-3-9-17(12-15-6-10-18-13-15)11-14-4-7-16-8-5-14/h4-8,10,13H,2-3,9,11-12H2,1H3. The molecule has 0 aromatic carbocycles. The summed E-state index contributed by atoms with van der Waals surface area (Å²) in [5.41, 5.74) is 2.55. The molecule has 0 aliphatic rings. The van der Waals surface area contributed by atoms with Crippen LogP contribution in [0.5, 0.6) is 0 Å². The predicted molar refractivity (Wildman–Crippen MR) is 72.0 cm³/mol. The Morgan fingerprint density at radius 2 is 1.89 bits per heavy atom. The van der Waals surface area contributed by atoms with Crippen LogP contribution in [0.3, 0.4) is 0 Å². The minimum Gasteiger partial charge on any atom is -0.472 e. The summed E-state index contributed by atoms with van der Waals surface area (Å²) < 4.78 is 5.13. The second kappa shape index (κ2) is 6.97. The Morgan fingerprint density at radius 1 is 1.11 bits per heavy atom. The molecule has 0 fully saturated rings. The Hall–Kier alpha value is -1.61. The molecule has 0 saturated carbocycles. The van der Waals surface area contributed by atoms with E-state index in [-0.39, 0.29) is 0 Å². The summed E-state index contributed by atoms with van der Waals surface area (Å²) >= 11 is 0. The average molecular weight is 244 g/mol. The van der Waals surface area contributed by atoms with Crippen molar-refractivity contribution in [2.45, 2.75) is 32.9 Å². The molecule has 2 aromatic rings. The Labute approximate surface area is 108 Å². The van der Waals surface area contributed by atoms with Crippen molar-refractivity contribution >= 4 is 0 Å². The molecule has 96 valence electrons. The molecule has 0 spiro atoms. The van der Waals surface area contributed by atoms with E-state index in [0.717, 1.165) is 19.6 Å². The van der Waals surface area contributed by atoms with Gasteiger partial charge in [-0.2, -0.15) is 0 Å². The van der Waals surface area contributed by atoms with Crippen molar-refractivity contribution in [1.82, 2.24) is 9.88 Å². The van der Waals surface area contributed by atoms with Crippen molar-refractivity contribution in [1.29, 1.82) is 0 Å². The van der Waals surface area contributed by atoms with E-state index in [9.17, 15) is 0 Å². The summed E-state index contributed by atoms with van der Waals surface area (Å²) in [5, 5.41) is 0. The summed E-state index contributed by atoms with van der Waals surface area (Å²) in [5.74, 6) is 0. The molecule has 3 nitrogen and oxygen atoms in total. The van der Waals surface area contributed by atoms with Crippen LogP contribution in [0.25, 0.3) is 0 Å². The fourth-order valence-electron chi connectivity index (χ4n) is 1.98. The highest BCUT2D eigenvalue weighted by Crippen LogP contribution is 2.11. The van der Waals surface area contributed by atoms with Crippen molar-refractivity contribution in [3.63, 3.8) is 0 Å². The van der Waals surface area contributed by atoms with Crippen LogP contribution in [-0.2, 0) is 13.1 Å². The Balaban J connectivity index is 1.96. The largest absolute Gasteiger partial charge is 0.472 e. The van der Waals surface area contributed by atoms with Crippen LogP contribution in [0.2, 0.25) is 0 Å². The summed E-state index contributed by atoms with van der Waals surface area (Å²) in [6.07, 6.45) is 9.71. The molecule has 0 aliphatic carbocycles. The summed E-state index contributed by atoms with van der Waals surface area (Å²) in [7, 11) is 0. The van der Waals surface area contributed by atoms with Gasteiger partial charge in [0.25, 0.3) is 0 Å². The van der Waals surface area contributed by atoms with Crippen LogP contribution in [-0.4, -0.2) is 16.4 Å². The fourth-order valence-corrected chi connectivity index (χ4v) is 1.98. The second-order valence-electron chi connectivity index (χ2n) is 4.55. The molecular formula is C15H20N2O. The maximum atomic E-state index is 5.13. The molecule has 0 amide bonds. The first-order valence-corrected chi connectivity index (χ1v) is 6.51. The molecule has 2 rings (SSSR count). The molecular weight excluding hydrogens is 224 g/mol. The number of pyridine rings is 1. The second-order valence-corrected chi connectivity index (χ2v) is 4.55. The maximum absolute atomic E-state index is 5.13. The van der Waals surface area contributed by atoms with Gasteiger partial charge in [-0.15, -0.1) is 0 Å². The van der Waals surface area contributed by atoms with Crippen LogP contribution >= 0.6 is 0 Å². The molecule has 0 N–H and O–H groups in total. The number of unbranched alkanes of at least 4 members (excludes halogenated alkanes) is 1. The van der Waals surface area contributed by atoms with Crippen LogP contribution < -0.4 is 0 Å². The number of furan rings is 1. The highest BCUT2D eigenvalue weighted by molar-refractivity contribution is 5.10. The lowest BCUT2D eigenvalue weighted by Crippen LogP contribution is -2.23. The zero-order valence-corrected chi connectivity index (χ0v) is 10.9. The molecule has 0 saturated heterocycles. The van der Waals surface area contributed by atoms with Crippen molar-refractivity contribution in [3.8, 4) is 0 Å². The van der Waals surface area contributed by atoms with Crippen LogP contribution in [0, 0.1) is 0 Å². The highest BCUT2D eigenvalue weighted by Gasteiger charge is 2.07. The van der Waals surface area contributed by atoms with Gasteiger partial charge in [0.05, 0.1) is 12.5 Å². The Morgan fingerprint density at radius 3 is 2.56 bits per heavy atom. The monoisotopic (exact) mass is 244 g/mol. The van der Waals surface area contributed by atoms with E-state index in [1.165, 1.54) is 24.0 Å². The Bertz CT molecular complexity index is 425. The molecule has 18 heavy (non-hydrogen) atoms. The molecule has 0 aliphatic heterocycles. The molecule has 0 radical (unpaired) electrons. The van der Waals surface area contributed by atoms with E-state index in [1.54, 1.807) is 6.26 Å². The summed E-state index contributed by atoms with van der Waals surface area (Å²) in [6.45, 7) is 5.25. The molecule has 0 atom stereocenters. The zero-order chi connectivity index (χ0) is 12.6. The Kier molecular flexibility index (Phi) is 4.97. The molecule has 0 unspecified atom stereocenters. The van der Waals surface area contributed by atoms with Crippen molar-refractivity contribution in [2.24, 2.45) is 0 Å². The number of aromatic nitrogens is 1.